The Hall–Kier alpha value is -0.290. The van der Waals surface area contributed by atoms with Crippen LogP contribution in [0.4, 0.5) is 13.2 Å². The molecule has 14 heavy (non-hydrogen) atoms. The third-order valence-corrected chi connectivity index (χ3v) is 2.23. The van der Waals surface area contributed by atoms with Gasteiger partial charge >= 0.3 is 6.18 Å². The quantitative estimate of drug-likeness (QED) is 0.703. The molecule has 1 rings (SSSR count). The van der Waals surface area contributed by atoms with Gasteiger partial charge in [0, 0.05) is 6.61 Å². The van der Waals surface area contributed by atoms with Crippen molar-refractivity contribution in [3.63, 3.8) is 0 Å². The van der Waals surface area contributed by atoms with Gasteiger partial charge in [0.2, 0.25) is 0 Å². The number of nitrogens with one attached hydrogen (secondary N) is 1. The van der Waals surface area contributed by atoms with E-state index in [1.54, 1.807) is 0 Å². The van der Waals surface area contributed by atoms with Crippen LogP contribution in [0.2, 0.25) is 0 Å². The molecule has 1 aliphatic heterocycles. The lowest BCUT2D eigenvalue weighted by molar-refractivity contribution is -0.124. The molecule has 2 nitrogen and oxygen atoms in total. The lowest BCUT2D eigenvalue weighted by Crippen LogP contribution is -2.29. The summed E-state index contributed by atoms with van der Waals surface area (Å²) in [5.74, 6) is 0. The minimum atomic E-state index is -4.09. The molecule has 1 saturated heterocycles. The lowest BCUT2D eigenvalue weighted by atomic mass is 10.1. The molecular weight excluding hydrogens is 195 g/mol. The monoisotopic (exact) mass is 211 g/mol. The van der Waals surface area contributed by atoms with Crippen LogP contribution in [0.3, 0.4) is 0 Å². The zero-order valence-corrected chi connectivity index (χ0v) is 8.07. The summed E-state index contributed by atoms with van der Waals surface area (Å²) in [5, 5.41) is 2.37. The molecule has 5 heteroatoms. The molecule has 0 bridgehead atoms. The second kappa shape index (κ2) is 5.56. The largest absolute Gasteiger partial charge is 0.401 e. The molecule has 1 atom stereocenters. The molecule has 1 heterocycles. The first-order chi connectivity index (χ1) is 6.58. The number of halogens is 3. The number of alkyl halides is 3. The summed E-state index contributed by atoms with van der Waals surface area (Å²) in [7, 11) is 0. The van der Waals surface area contributed by atoms with E-state index in [0.29, 0.717) is 6.54 Å². The Labute approximate surface area is 81.8 Å². The number of hydrogen-bond acceptors (Lipinski definition) is 2. The van der Waals surface area contributed by atoms with E-state index in [0.717, 1.165) is 32.3 Å². The van der Waals surface area contributed by atoms with Crippen LogP contribution >= 0.6 is 0 Å². The van der Waals surface area contributed by atoms with Gasteiger partial charge < -0.3 is 10.1 Å². The third-order valence-electron chi connectivity index (χ3n) is 2.23. The maximum atomic E-state index is 11.7. The molecule has 0 aliphatic carbocycles. The molecule has 1 unspecified atom stereocenters. The van der Waals surface area contributed by atoms with Crippen molar-refractivity contribution in [1.82, 2.24) is 5.32 Å². The Morgan fingerprint density at radius 3 is 2.71 bits per heavy atom. The summed E-state index contributed by atoms with van der Waals surface area (Å²) in [4.78, 5) is 0. The van der Waals surface area contributed by atoms with Gasteiger partial charge in [0.15, 0.2) is 0 Å². The van der Waals surface area contributed by atoms with Gasteiger partial charge in [0.25, 0.3) is 0 Å². The lowest BCUT2D eigenvalue weighted by Gasteiger charge is -2.10. The van der Waals surface area contributed by atoms with Crippen LogP contribution in [0.25, 0.3) is 0 Å². The zero-order valence-electron chi connectivity index (χ0n) is 8.07. The maximum absolute atomic E-state index is 11.7. The van der Waals surface area contributed by atoms with Crippen LogP contribution in [0.15, 0.2) is 0 Å². The fourth-order valence-electron chi connectivity index (χ4n) is 1.56. The third kappa shape index (κ3) is 5.44. The van der Waals surface area contributed by atoms with Gasteiger partial charge in [-0.05, 0) is 32.2 Å². The molecular formula is C9H16F3NO. The first kappa shape index (κ1) is 11.8. The summed E-state index contributed by atoms with van der Waals surface area (Å²) in [5.41, 5.74) is 0. The molecule has 1 aliphatic rings. The summed E-state index contributed by atoms with van der Waals surface area (Å²) >= 11 is 0. The van der Waals surface area contributed by atoms with E-state index in [9.17, 15) is 13.2 Å². The molecule has 0 radical (unpaired) electrons. The van der Waals surface area contributed by atoms with Gasteiger partial charge in [-0.1, -0.05) is 0 Å². The average molecular weight is 211 g/mol. The van der Waals surface area contributed by atoms with Crippen LogP contribution in [0.1, 0.15) is 25.7 Å². The highest BCUT2D eigenvalue weighted by molar-refractivity contribution is 4.65. The van der Waals surface area contributed by atoms with Crippen LogP contribution in [-0.2, 0) is 4.74 Å². The van der Waals surface area contributed by atoms with E-state index < -0.39 is 12.7 Å². The Morgan fingerprint density at radius 2 is 2.14 bits per heavy atom. The van der Waals surface area contributed by atoms with E-state index >= 15 is 0 Å². The second-order valence-corrected chi connectivity index (χ2v) is 3.57. The number of ether oxygens (including phenoxy) is 1. The standard InChI is InChI=1S/C9H16F3NO/c10-9(11,12)7-13-5-1-3-8-4-2-6-14-8/h8,13H,1-7H2. The Balaban J connectivity index is 1.89. The van der Waals surface area contributed by atoms with Crippen molar-refractivity contribution in [2.24, 2.45) is 0 Å². The van der Waals surface area contributed by atoms with E-state index in [1.807, 2.05) is 0 Å². The van der Waals surface area contributed by atoms with Gasteiger partial charge in [0.1, 0.15) is 0 Å². The maximum Gasteiger partial charge on any atom is 0.401 e. The van der Waals surface area contributed by atoms with Gasteiger partial charge in [-0.3, -0.25) is 0 Å². The minimum Gasteiger partial charge on any atom is -0.378 e. The summed E-state index contributed by atoms with van der Waals surface area (Å²) < 4.78 is 40.4. The molecule has 0 spiro atoms. The molecule has 1 fully saturated rings. The highest BCUT2D eigenvalue weighted by atomic mass is 19.4. The van der Waals surface area contributed by atoms with Crippen molar-refractivity contribution in [3.05, 3.63) is 0 Å². The highest BCUT2D eigenvalue weighted by Gasteiger charge is 2.26. The molecule has 0 aromatic heterocycles. The molecule has 0 aromatic carbocycles. The van der Waals surface area contributed by atoms with Crippen molar-refractivity contribution in [1.29, 1.82) is 0 Å². The predicted octanol–water partition coefficient (Wildman–Crippen LogP) is 2.10. The molecule has 1 N–H and O–H groups in total. The highest BCUT2D eigenvalue weighted by Crippen LogP contribution is 2.16. The van der Waals surface area contributed by atoms with Crippen molar-refractivity contribution < 1.29 is 17.9 Å². The minimum absolute atomic E-state index is 0.280. The van der Waals surface area contributed by atoms with Crippen molar-refractivity contribution >= 4 is 0 Å². The van der Waals surface area contributed by atoms with Gasteiger partial charge in [0.05, 0.1) is 12.6 Å². The topological polar surface area (TPSA) is 21.3 Å². The Kier molecular flexibility index (Phi) is 4.68. The first-order valence-electron chi connectivity index (χ1n) is 4.97. The molecule has 0 amide bonds. The fourth-order valence-corrected chi connectivity index (χ4v) is 1.56. The Bertz CT molecular complexity index is 155. The van der Waals surface area contributed by atoms with E-state index in [4.69, 9.17) is 4.74 Å². The van der Waals surface area contributed by atoms with Crippen molar-refractivity contribution in [2.75, 3.05) is 19.7 Å². The number of hydrogen-bond donors (Lipinski definition) is 1. The normalized spacial score (nSPS) is 22.9. The first-order valence-corrected chi connectivity index (χ1v) is 4.97. The van der Waals surface area contributed by atoms with Gasteiger partial charge in [-0.2, -0.15) is 13.2 Å². The van der Waals surface area contributed by atoms with Crippen LogP contribution < -0.4 is 5.32 Å². The fraction of sp³-hybridized carbons (Fsp3) is 1.00. The van der Waals surface area contributed by atoms with Gasteiger partial charge in [-0.25, -0.2) is 0 Å². The Morgan fingerprint density at radius 1 is 1.36 bits per heavy atom. The predicted molar refractivity (Wildman–Crippen MR) is 47.1 cm³/mol. The summed E-state index contributed by atoms with van der Waals surface area (Å²) in [6, 6.07) is 0. The van der Waals surface area contributed by atoms with E-state index in [2.05, 4.69) is 5.32 Å². The zero-order chi connectivity index (χ0) is 10.4. The van der Waals surface area contributed by atoms with E-state index in [1.165, 1.54) is 0 Å². The molecule has 84 valence electrons. The van der Waals surface area contributed by atoms with E-state index in [-0.39, 0.29) is 6.10 Å². The molecule has 0 saturated carbocycles. The SMILES string of the molecule is FC(F)(F)CNCCCC1CCCO1. The van der Waals surface area contributed by atoms with Crippen LogP contribution in [0, 0.1) is 0 Å². The number of rotatable bonds is 5. The summed E-state index contributed by atoms with van der Waals surface area (Å²) in [6.07, 6.45) is -0.0577. The second-order valence-electron chi connectivity index (χ2n) is 3.57. The average Bonchev–Trinajstić information content (AvgIpc) is 2.54. The van der Waals surface area contributed by atoms with Gasteiger partial charge in [-0.15, -0.1) is 0 Å². The van der Waals surface area contributed by atoms with Crippen LogP contribution in [-0.4, -0.2) is 32.0 Å². The van der Waals surface area contributed by atoms with Crippen molar-refractivity contribution in [3.8, 4) is 0 Å². The smallest absolute Gasteiger partial charge is 0.378 e. The van der Waals surface area contributed by atoms with Crippen molar-refractivity contribution in [2.45, 2.75) is 38.0 Å². The summed E-state index contributed by atoms with van der Waals surface area (Å²) in [6.45, 7) is 0.332. The van der Waals surface area contributed by atoms with Crippen LogP contribution in [0.5, 0.6) is 0 Å². The molecule has 0 aromatic rings.